The van der Waals surface area contributed by atoms with Gasteiger partial charge in [-0.15, -0.1) is 0 Å². The highest BCUT2D eigenvalue weighted by Crippen LogP contribution is 2.36. The number of anilines is 1. The summed E-state index contributed by atoms with van der Waals surface area (Å²) in [5.74, 6) is -0.656. The average Bonchev–Trinajstić information content (AvgIpc) is 2.79. The van der Waals surface area contributed by atoms with E-state index in [0.717, 1.165) is 30.4 Å². The monoisotopic (exact) mass is 541 g/mol. The standard InChI is InChI=1S/C29H39N3O5S/c1-17-9-7-10-18(2)24(17)31-26(34)25(20-13-14-23(33)19(3)15-20)32(21-11-8-12-21)27(35)22(16-38)30-28(36)37-29(4,5)6/h7,9-10,13-15,21-22,25,33,38H,8,11-12,16H2,1-6H3,(H,30,36)(H,31,34). The fraction of sp³-hybridized carbons (Fsp3) is 0.483. The summed E-state index contributed by atoms with van der Waals surface area (Å²) in [6, 6.07) is 8.49. The summed E-state index contributed by atoms with van der Waals surface area (Å²) < 4.78 is 5.37. The number of rotatable bonds is 8. The second-order valence-corrected chi connectivity index (χ2v) is 11.3. The summed E-state index contributed by atoms with van der Waals surface area (Å²) >= 11 is 4.34. The lowest BCUT2D eigenvalue weighted by Crippen LogP contribution is -2.57. The molecule has 206 valence electrons. The number of carbonyl (C=O) groups excluding carboxylic acids is 3. The second-order valence-electron chi connectivity index (χ2n) is 10.9. The molecule has 0 heterocycles. The van der Waals surface area contributed by atoms with Crippen LogP contribution in [0, 0.1) is 20.8 Å². The first-order valence-electron chi connectivity index (χ1n) is 12.9. The molecule has 3 N–H and O–H groups in total. The van der Waals surface area contributed by atoms with Crippen LogP contribution in [0.25, 0.3) is 0 Å². The zero-order chi connectivity index (χ0) is 28.2. The van der Waals surface area contributed by atoms with Crippen LogP contribution in [0.1, 0.15) is 68.3 Å². The topological polar surface area (TPSA) is 108 Å². The molecule has 8 nitrogen and oxygen atoms in total. The Morgan fingerprint density at radius 1 is 1.08 bits per heavy atom. The molecule has 2 unspecified atom stereocenters. The highest BCUT2D eigenvalue weighted by Gasteiger charge is 2.42. The number of para-hydroxylation sites is 1. The average molecular weight is 542 g/mol. The van der Waals surface area contributed by atoms with Gasteiger partial charge in [0.2, 0.25) is 5.91 Å². The molecule has 9 heteroatoms. The smallest absolute Gasteiger partial charge is 0.408 e. The maximum absolute atomic E-state index is 14.0. The van der Waals surface area contributed by atoms with Crippen LogP contribution in [0.15, 0.2) is 36.4 Å². The normalized spacial score (nSPS) is 15.1. The van der Waals surface area contributed by atoms with Crippen LogP contribution >= 0.6 is 12.6 Å². The summed E-state index contributed by atoms with van der Waals surface area (Å²) in [7, 11) is 0. The lowest BCUT2D eigenvalue weighted by atomic mass is 9.88. The van der Waals surface area contributed by atoms with Crippen LogP contribution in [-0.2, 0) is 14.3 Å². The highest BCUT2D eigenvalue weighted by atomic mass is 32.1. The lowest BCUT2D eigenvalue weighted by Gasteiger charge is -2.43. The number of ether oxygens (including phenoxy) is 1. The number of phenols is 1. The van der Waals surface area contributed by atoms with E-state index in [0.29, 0.717) is 16.8 Å². The van der Waals surface area contributed by atoms with Crippen molar-refractivity contribution in [1.29, 1.82) is 0 Å². The van der Waals surface area contributed by atoms with Crippen molar-refractivity contribution in [2.45, 2.75) is 84.5 Å². The van der Waals surface area contributed by atoms with Crippen molar-refractivity contribution >= 4 is 36.2 Å². The molecule has 3 rings (SSSR count). The third-order valence-corrected chi connectivity index (χ3v) is 7.05. The van der Waals surface area contributed by atoms with Crippen LogP contribution in [0.5, 0.6) is 5.75 Å². The number of aryl methyl sites for hydroxylation is 3. The molecule has 2 aromatic carbocycles. The van der Waals surface area contributed by atoms with E-state index < -0.39 is 29.7 Å². The van der Waals surface area contributed by atoms with Crippen molar-refractivity contribution in [1.82, 2.24) is 10.2 Å². The second kappa shape index (κ2) is 12.1. The van der Waals surface area contributed by atoms with E-state index in [-0.39, 0.29) is 23.5 Å². The number of hydrogen-bond acceptors (Lipinski definition) is 6. The number of benzene rings is 2. The van der Waals surface area contributed by atoms with E-state index in [1.54, 1.807) is 44.7 Å². The number of nitrogens with one attached hydrogen (secondary N) is 2. The molecule has 1 saturated carbocycles. The predicted molar refractivity (Wildman–Crippen MR) is 152 cm³/mol. The molecule has 0 bridgehead atoms. The number of aromatic hydroxyl groups is 1. The Balaban J connectivity index is 2.04. The number of thiol groups is 1. The van der Waals surface area contributed by atoms with Gasteiger partial charge in [0, 0.05) is 17.5 Å². The van der Waals surface area contributed by atoms with Crippen molar-refractivity contribution in [3.63, 3.8) is 0 Å². The van der Waals surface area contributed by atoms with Crippen LogP contribution in [0.2, 0.25) is 0 Å². The van der Waals surface area contributed by atoms with Gasteiger partial charge >= 0.3 is 6.09 Å². The van der Waals surface area contributed by atoms with Gasteiger partial charge in [0.05, 0.1) is 0 Å². The summed E-state index contributed by atoms with van der Waals surface area (Å²) in [6.07, 6.45) is 1.68. The van der Waals surface area contributed by atoms with Gasteiger partial charge in [0.25, 0.3) is 5.91 Å². The van der Waals surface area contributed by atoms with Gasteiger partial charge in [0.15, 0.2) is 0 Å². The maximum Gasteiger partial charge on any atom is 0.408 e. The molecular formula is C29H39N3O5S. The summed E-state index contributed by atoms with van der Waals surface area (Å²) in [5.41, 5.74) is 2.92. The molecule has 3 amide bonds. The van der Waals surface area contributed by atoms with E-state index in [4.69, 9.17) is 4.74 Å². The molecule has 0 aliphatic heterocycles. The molecule has 2 atom stereocenters. The molecule has 1 aliphatic carbocycles. The SMILES string of the molecule is Cc1cc(C(C(=O)Nc2c(C)cccc2C)N(C(=O)C(CS)NC(=O)OC(C)(C)C)C2CCC2)ccc1O. The Hall–Kier alpha value is -3.20. The third kappa shape index (κ3) is 7.01. The fourth-order valence-electron chi connectivity index (χ4n) is 4.49. The molecule has 0 saturated heterocycles. The van der Waals surface area contributed by atoms with Gasteiger partial charge in [0.1, 0.15) is 23.4 Å². The summed E-state index contributed by atoms with van der Waals surface area (Å²) in [4.78, 5) is 42.2. The molecule has 38 heavy (non-hydrogen) atoms. The molecule has 0 spiro atoms. The first kappa shape index (κ1) is 29.4. The number of carbonyl (C=O) groups is 3. The van der Waals surface area contributed by atoms with Crippen LogP contribution in [0.3, 0.4) is 0 Å². The van der Waals surface area contributed by atoms with Crippen molar-refractivity contribution in [2.24, 2.45) is 0 Å². The van der Waals surface area contributed by atoms with Crippen molar-refractivity contribution < 1.29 is 24.2 Å². The fourth-order valence-corrected chi connectivity index (χ4v) is 4.74. The Morgan fingerprint density at radius 3 is 2.21 bits per heavy atom. The van der Waals surface area contributed by atoms with Crippen LogP contribution in [-0.4, -0.2) is 51.4 Å². The third-order valence-electron chi connectivity index (χ3n) is 6.69. The van der Waals surface area contributed by atoms with E-state index in [9.17, 15) is 19.5 Å². The Labute approximate surface area is 230 Å². The molecule has 1 aliphatic rings. The van der Waals surface area contributed by atoms with E-state index in [2.05, 4.69) is 23.3 Å². The van der Waals surface area contributed by atoms with Crippen molar-refractivity contribution in [3.05, 3.63) is 58.7 Å². The zero-order valence-corrected chi connectivity index (χ0v) is 23.9. The zero-order valence-electron chi connectivity index (χ0n) is 23.0. The number of hydrogen-bond donors (Lipinski definition) is 4. The van der Waals surface area contributed by atoms with Gasteiger partial charge in [-0.3, -0.25) is 9.59 Å². The van der Waals surface area contributed by atoms with Gasteiger partial charge < -0.3 is 25.4 Å². The van der Waals surface area contributed by atoms with Gasteiger partial charge in [-0.25, -0.2) is 4.79 Å². The largest absolute Gasteiger partial charge is 0.508 e. The van der Waals surface area contributed by atoms with Crippen molar-refractivity contribution in [2.75, 3.05) is 11.1 Å². The number of amides is 3. The summed E-state index contributed by atoms with van der Waals surface area (Å²) in [5, 5.41) is 15.8. The number of nitrogens with zero attached hydrogens (tertiary/aromatic N) is 1. The Bertz CT molecular complexity index is 1170. The van der Waals surface area contributed by atoms with Crippen LogP contribution < -0.4 is 10.6 Å². The Kier molecular flexibility index (Phi) is 9.35. The molecule has 0 aromatic heterocycles. The molecular weight excluding hydrogens is 502 g/mol. The maximum atomic E-state index is 14.0. The first-order valence-corrected chi connectivity index (χ1v) is 13.5. The van der Waals surface area contributed by atoms with E-state index >= 15 is 0 Å². The number of alkyl carbamates (subject to hydrolysis) is 1. The minimum atomic E-state index is -0.998. The molecule has 0 radical (unpaired) electrons. The minimum absolute atomic E-state index is 0.0289. The van der Waals surface area contributed by atoms with Gasteiger partial charge in [-0.05, 0) is 95.2 Å². The van der Waals surface area contributed by atoms with E-state index in [1.165, 1.54) is 6.07 Å². The van der Waals surface area contributed by atoms with Gasteiger partial charge in [-0.2, -0.15) is 12.6 Å². The van der Waals surface area contributed by atoms with Crippen LogP contribution in [0.4, 0.5) is 10.5 Å². The summed E-state index contributed by atoms with van der Waals surface area (Å²) in [6.45, 7) is 10.8. The molecule has 2 aromatic rings. The van der Waals surface area contributed by atoms with Crippen molar-refractivity contribution in [3.8, 4) is 5.75 Å². The lowest BCUT2D eigenvalue weighted by molar-refractivity contribution is -0.145. The predicted octanol–water partition coefficient (Wildman–Crippen LogP) is 5.20. The quantitative estimate of drug-likeness (QED) is 0.344. The van der Waals surface area contributed by atoms with E-state index in [1.807, 2.05) is 32.0 Å². The van der Waals surface area contributed by atoms with Gasteiger partial charge in [-0.1, -0.05) is 24.3 Å². The minimum Gasteiger partial charge on any atom is -0.508 e. The highest BCUT2D eigenvalue weighted by molar-refractivity contribution is 7.80. The Morgan fingerprint density at radius 2 is 1.71 bits per heavy atom. The first-order chi connectivity index (χ1) is 17.8. The molecule has 1 fully saturated rings. The number of phenolic OH excluding ortho intramolecular Hbond substituents is 1.